The van der Waals surface area contributed by atoms with Crippen LogP contribution in [-0.2, 0) is 6.54 Å². The highest BCUT2D eigenvalue weighted by molar-refractivity contribution is 5.73. The van der Waals surface area contributed by atoms with Gasteiger partial charge in [-0.15, -0.1) is 0 Å². The van der Waals surface area contributed by atoms with Gasteiger partial charge >= 0.3 is 6.03 Å². The smallest absolute Gasteiger partial charge is 0.315 e. The average Bonchev–Trinajstić information content (AvgIpc) is 3.03. The minimum atomic E-state index is -0.151. The van der Waals surface area contributed by atoms with Crippen LogP contribution in [0, 0.1) is 6.92 Å². The number of hydrogen-bond donors (Lipinski definition) is 2. The summed E-state index contributed by atoms with van der Waals surface area (Å²) in [6, 6.07) is 12.5. The summed E-state index contributed by atoms with van der Waals surface area (Å²) in [5, 5.41) is 6.00. The van der Waals surface area contributed by atoms with E-state index >= 15 is 0 Å². The molecule has 162 valence electrons. The first-order chi connectivity index (χ1) is 14.5. The molecule has 2 N–H and O–H groups in total. The molecule has 30 heavy (non-hydrogen) atoms. The Balaban J connectivity index is 1.51. The van der Waals surface area contributed by atoms with Gasteiger partial charge in [-0.1, -0.05) is 42.7 Å². The van der Waals surface area contributed by atoms with Crippen molar-refractivity contribution in [3.63, 3.8) is 0 Å². The SMILES string of the molecule is Cc1ccc(C(CNC(=O)NCc2ccnc(N3CCCCCC3)c2)N(C)C)cc1. The van der Waals surface area contributed by atoms with Crippen LogP contribution in [0.3, 0.4) is 0 Å². The van der Waals surface area contributed by atoms with Crippen molar-refractivity contribution in [1.82, 2.24) is 20.5 Å². The van der Waals surface area contributed by atoms with Crippen LogP contribution in [-0.4, -0.2) is 49.6 Å². The van der Waals surface area contributed by atoms with E-state index in [0.29, 0.717) is 13.1 Å². The van der Waals surface area contributed by atoms with Crippen molar-refractivity contribution in [2.75, 3.05) is 38.6 Å². The number of rotatable bonds is 7. The third kappa shape index (κ3) is 6.46. The highest BCUT2D eigenvalue weighted by Gasteiger charge is 2.15. The summed E-state index contributed by atoms with van der Waals surface area (Å²) >= 11 is 0. The Labute approximate surface area is 180 Å². The highest BCUT2D eigenvalue weighted by Crippen LogP contribution is 2.19. The van der Waals surface area contributed by atoms with Gasteiger partial charge in [-0.05, 0) is 57.1 Å². The number of anilines is 1. The lowest BCUT2D eigenvalue weighted by Gasteiger charge is -2.25. The Bertz CT molecular complexity index is 797. The van der Waals surface area contributed by atoms with Gasteiger partial charge in [0.2, 0.25) is 0 Å². The number of nitrogens with one attached hydrogen (secondary N) is 2. The lowest BCUT2D eigenvalue weighted by atomic mass is 10.0. The molecule has 2 aromatic rings. The fraction of sp³-hybridized carbons (Fsp3) is 0.500. The molecule has 0 saturated carbocycles. The molecular weight excluding hydrogens is 374 g/mol. The number of hydrogen-bond acceptors (Lipinski definition) is 4. The summed E-state index contributed by atoms with van der Waals surface area (Å²) in [5.41, 5.74) is 3.50. The number of pyridine rings is 1. The van der Waals surface area contributed by atoms with Crippen molar-refractivity contribution >= 4 is 11.8 Å². The van der Waals surface area contributed by atoms with Gasteiger partial charge in [0.1, 0.15) is 5.82 Å². The molecule has 1 aliphatic rings. The third-order valence-electron chi connectivity index (χ3n) is 5.73. The Morgan fingerprint density at radius 2 is 1.77 bits per heavy atom. The fourth-order valence-corrected chi connectivity index (χ4v) is 3.86. The minimum absolute atomic E-state index is 0.131. The number of nitrogens with zero attached hydrogens (tertiary/aromatic N) is 3. The van der Waals surface area contributed by atoms with E-state index < -0.39 is 0 Å². The number of benzene rings is 1. The molecule has 1 fully saturated rings. The van der Waals surface area contributed by atoms with Crippen molar-refractivity contribution in [3.8, 4) is 0 Å². The maximum absolute atomic E-state index is 12.4. The monoisotopic (exact) mass is 409 g/mol. The third-order valence-corrected chi connectivity index (χ3v) is 5.73. The number of aryl methyl sites for hydroxylation is 1. The number of carbonyl (C=O) groups is 1. The predicted octanol–water partition coefficient (Wildman–Crippen LogP) is 3.87. The molecule has 3 rings (SSSR count). The van der Waals surface area contributed by atoms with E-state index in [2.05, 4.69) is 62.7 Å². The number of urea groups is 1. The zero-order valence-electron chi connectivity index (χ0n) is 18.5. The van der Waals surface area contributed by atoms with Gasteiger partial charge in [0.25, 0.3) is 0 Å². The van der Waals surface area contributed by atoms with Crippen LogP contribution in [0.4, 0.5) is 10.6 Å². The Morgan fingerprint density at radius 1 is 1.07 bits per heavy atom. The molecule has 2 amide bonds. The summed E-state index contributed by atoms with van der Waals surface area (Å²) in [6.07, 6.45) is 6.89. The quantitative estimate of drug-likeness (QED) is 0.729. The number of likely N-dealkylation sites (N-methyl/N-ethyl adjacent to an activating group) is 1. The van der Waals surface area contributed by atoms with Gasteiger partial charge in [0, 0.05) is 32.4 Å². The van der Waals surface area contributed by atoms with E-state index in [9.17, 15) is 4.79 Å². The Kier molecular flexibility index (Phi) is 8.08. The molecule has 1 unspecified atom stereocenters. The molecule has 6 heteroatoms. The summed E-state index contributed by atoms with van der Waals surface area (Å²) in [4.78, 5) is 21.4. The van der Waals surface area contributed by atoms with Gasteiger partial charge in [0.05, 0.1) is 6.04 Å². The molecule has 1 aromatic carbocycles. The van der Waals surface area contributed by atoms with Crippen molar-refractivity contribution in [2.45, 2.75) is 45.2 Å². The molecule has 1 saturated heterocycles. The Morgan fingerprint density at radius 3 is 2.43 bits per heavy atom. The maximum atomic E-state index is 12.4. The minimum Gasteiger partial charge on any atom is -0.357 e. The maximum Gasteiger partial charge on any atom is 0.315 e. The molecule has 0 spiro atoms. The van der Waals surface area contributed by atoms with E-state index in [4.69, 9.17) is 0 Å². The highest BCUT2D eigenvalue weighted by atomic mass is 16.2. The van der Waals surface area contributed by atoms with Gasteiger partial charge in [-0.2, -0.15) is 0 Å². The average molecular weight is 410 g/mol. The van der Waals surface area contributed by atoms with Crippen molar-refractivity contribution in [2.24, 2.45) is 0 Å². The summed E-state index contributed by atoms with van der Waals surface area (Å²) < 4.78 is 0. The van der Waals surface area contributed by atoms with Crippen molar-refractivity contribution < 1.29 is 4.79 Å². The largest absolute Gasteiger partial charge is 0.357 e. The molecular formula is C24H35N5O. The predicted molar refractivity (Wildman–Crippen MR) is 123 cm³/mol. The van der Waals surface area contributed by atoms with Crippen molar-refractivity contribution in [1.29, 1.82) is 0 Å². The lowest BCUT2D eigenvalue weighted by molar-refractivity contribution is 0.232. The second-order valence-corrected chi connectivity index (χ2v) is 8.38. The van der Waals surface area contributed by atoms with E-state index in [0.717, 1.165) is 24.5 Å². The molecule has 1 atom stereocenters. The molecule has 1 aliphatic heterocycles. The van der Waals surface area contributed by atoms with Gasteiger partial charge < -0.3 is 20.4 Å². The standard InChI is InChI=1S/C24H35N5O/c1-19-8-10-21(11-9-19)22(28(2)3)18-27-24(30)26-17-20-12-13-25-23(16-20)29-14-6-4-5-7-15-29/h8-13,16,22H,4-7,14-15,17-18H2,1-3H3,(H2,26,27,30). The first kappa shape index (κ1) is 22.1. The second kappa shape index (κ2) is 11.0. The van der Waals surface area contributed by atoms with Gasteiger partial charge in [0.15, 0.2) is 0 Å². The number of amides is 2. The van der Waals surface area contributed by atoms with Crippen molar-refractivity contribution in [3.05, 3.63) is 59.3 Å². The van der Waals surface area contributed by atoms with Crippen LogP contribution in [0.15, 0.2) is 42.6 Å². The molecule has 0 radical (unpaired) electrons. The zero-order chi connectivity index (χ0) is 21.3. The molecule has 6 nitrogen and oxygen atoms in total. The van der Waals surface area contributed by atoms with E-state index in [-0.39, 0.29) is 12.1 Å². The number of carbonyl (C=O) groups excluding carboxylic acids is 1. The van der Waals surface area contributed by atoms with Crippen LogP contribution in [0.5, 0.6) is 0 Å². The van der Waals surface area contributed by atoms with E-state index in [1.165, 1.54) is 36.8 Å². The first-order valence-electron chi connectivity index (χ1n) is 11.0. The fourth-order valence-electron chi connectivity index (χ4n) is 3.86. The summed E-state index contributed by atoms with van der Waals surface area (Å²) in [7, 11) is 4.07. The van der Waals surface area contributed by atoms with Crippen LogP contribution in [0.1, 0.15) is 48.4 Å². The van der Waals surface area contributed by atoms with Crippen LogP contribution >= 0.6 is 0 Å². The Hall–Kier alpha value is -2.60. The van der Waals surface area contributed by atoms with Gasteiger partial charge in [-0.25, -0.2) is 9.78 Å². The molecule has 0 aliphatic carbocycles. The van der Waals surface area contributed by atoms with E-state index in [1.54, 1.807) is 0 Å². The van der Waals surface area contributed by atoms with Crippen LogP contribution in [0.25, 0.3) is 0 Å². The normalized spacial score (nSPS) is 15.5. The molecule has 2 heterocycles. The lowest BCUT2D eigenvalue weighted by Crippen LogP contribution is -2.40. The van der Waals surface area contributed by atoms with Crippen LogP contribution < -0.4 is 15.5 Å². The first-order valence-corrected chi connectivity index (χ1v) is 11.0. The van der Waals surface area contributed by atoms with E-state index in [1.807, 2.05) is 26.4 Å². The molecule has 0 bridgehead atoms. The van der Waals surface area contributed by atoms with Gasteiger partial charge in [-0.3, -0.25) is 0 Å². The summed E-state index contributed by atoms with van der Waals surface area (Å²) in [6.45, 7) is 5.26. The summed E-state index contributed by atoms with van der Waals surface area (Å²) in [5.74, 6) is 1.02. The number of aromatic nitrogens is 1. The topological polar surface area (TPSA) is 60.5 Å². The zero-order valence-corrected chi connectivity index (χ0v) is 18.5. The molecule has 1 aromatic heterocycles. The second-order valence-electron chi connectivity index (χ2n) is 8.38. The van der Waals surface area contributed by atoms with Crippen LogP contribution in [0.2, 0.25) is 0 Å².